The number of ether oxygens (including phenoxy) is 1. The van der Waals surface area contributed by atoms with Gasteiger partial charge in [-0.25, -0.2) is 19.6 Å². The molecule has 0 radical (unpaired) electrons. The summed E-state index contributed by atoms with van der Waals surface area (Å²) in [6.07, 6.45) is 3.69. The van der Waals surface area contributed by atoms with Gasteiger partial charge in [-0.3, -0.25) is 24.7 Å². The predicted molar refractivity (Wildman–Crippen MR) is 215 cm³/mol. The van der Waals surface area contributed by atoms with Crippen molar-refractivity contribution in [1.82, 2.24) is 25.9 Å². The number of fused-ring (bicyclic) bond motifs is 1. The highest BCUT2D eigenvalue weighted by Crippen LogP contribution is 2.30. The van der Waals surface area contributed by atoms with Crippen molar-refractivity contribution in [2.24, 2.45) is 16.3 Å². The minimum absolute atomic E-state index is 0.0952. The first-order chi connectivity index (χ1) is 26.2. The van der Waals surface area contributed by atoms with Crippen molar-refractivity contribution in [3.63, 3.8) is 0 Å². The maximum atomic E-state index is 13.1. The Morgan fingerprint density at radius 1 is 1.00 bits per heavy atom. The number of aliphatic imine (C=N–C) groups is 1. The summed E-state index contributed by atoms with van der Waals surface area (Å²) in [5, 5.41) is 11.0. The molecular formula is C41H54N8O6. The van der Waals surface area contributed by atoms with Crippen molar-refractivity contribution in [1.29, 1.82) is 0 Å². The number of benzene rings is 2. The van der Waals surface area contributed by atoms with E-state index in [1.54, 1.807) is 25.1 Å². The summed E-state index contributed by atoms with van der Waals surface area (Å²) < 4.78 is 5.51. The van der Waals surface area contributed by atoms with Gasteiger partial charge in [0, 0.05) is 54.6 Å². The van der Waals surface area contributed by atoms with Crippen molar-refractivity contribution in [2.45, 2.75) is 74.1 Å². The summed E-state index contributed by atoms with van der Waals surface area (Å²) in [5.74, 6) is -0.188. The summed E-state index contributed by atoms with van der Waals surface area (Å²) >= 11 is 0. The van der Waals surface area contributed by atoms with E-state index in [9.17, 15) is 24.0 Å². The number of Topliss-reactive ketones (excluding diaryl/α,β-unsaturated/α-hetero) is 1. The van der Waals surface area contributed by atoms with Gasteiger partial charge < -0.3 is 25.6 Å². The molecule has 0 saturated heterocycles. The number of alkyl carbamates (subject to hydrolysis) is 1. The van der Waals surface area contributed by atoms with Crippen LogP contribution in [0.5, 0.6) is 0 Å². The maximum Gasteiger partial charge on any atom is 0.407 e. The number of amides is 4. The largest absolute Gasteiger partial charge is 0.448 e. The maximum absolute atomic E-state index is 13.1. The number of aromatic amines is 1. The van der Waals surface area contributed by atoms with Crippen LogP contribution in [0.4, 0.5) is 26.9 Å². The van der Waals surface area contributed by atoms with Crippen LogP contribution < -0.4 is 31.7 Å². The third-order valence-corrected chi connectivity index (χ3v) is 9.17. The van der Waals surface area contributed by atoms with E-state index in [1.165, 1.54) is 6.07 Å². The molecule has 294 valence electrons. The molecule has 0 spiro atoms. The molecule has 3 aromatic rings. The molecule has 0 aliphatic heterocycles. The number of ketones is 1. The number of nitrogens with one attached hydrogen (secondary N) is 5. The highest BCUT2D eigenvalue weighted by Gasteiger charge is 2.26. The lowest BCUT2D eigenvalue weighted by atomic mass is 9.80. The first kappa shape index (κ1) is 42.0. The molecule has 1 aliphatic rings. The quantitative estimate of drug-likeness (QED) is 0.106. The number of hydrogen-bond donors (Lipinski definition) is 5. The van der Waals surface area contributed by atoms with E-state index in [0.717, 1.165) is 29.8 Å². The molecule has 4 amide bonds. The minimum atomic E-state index is -0.479. The molecule has 14 heteroatoms. The topological polar surface area (TPSA) is 187 Å². The van der Waals surface area contributed by atoms with Crippen LogP contribution in [-0.2, 0) is 9.53 Å². The minimum Gasteiger partial charge on any atom is -0.448 e. The number of likely N-dealkylation sites (N-methyl/N-ethyl adjacent to an activating group) is 1. The number of carbonyl (C=O) groups is 4. The fourth-order valence-corrected chi connectivity index (χ4v) is 6.49. The number of urea groups is 1. The zero-order valence-corrected chi connectivity index (χ0v) is 32.9. The van der Waals surface area contributed by atoms with Gasteiger partial charge in [-0.15, -0.1) is 0 Å². The van der Waals surface area contributed by atoms with Crippen LogP contribution >= 0.6 is 0 Å². The molecule has 1 unspecified atom stereocenters. The number of rotatable bonds is 17. The molecule has 1 heterocycles. The molecule has 1 aromatic heterocycles. The van der Waals surface area contributed by atoms with Crippen LogP contribution in [0.2, 0.25) is 0 Å². The van der Waals surface area contributed by atoms with Crippen LogP contribution in [0.3, 0.4) is 0 Å². The van der Waals surface area contributed by atoms with E-state index >= 15 is 0 Å². The van der Waals surface area contributed by atoms with Gasteiger partial charge in [0.1, 0.15) is 6.61 Å². The van der Waals surface area contributed by atoms with E-state index in [0.29, 0.717) is 61.6 Å². The third-order valence-electron chi connectivity index (χ3n) is 9.17. The van der Waals surface area contributed by atoms with E-state index in [2.05, 4.69) is 50.0 Å². The van der Waals surface area contributed by atoms with Gasteiger partial charge in [0.2, 0.25) is 17.6 Å². The predicted octanol–water partition coefficient (Wildman–Crippen LogP) is 6.32. The molecule has 4 rings (SSSR count). The Hall–Kier alpha value is -5.79. The highest BCUT2D eigenvalue weighted by molar-refractivity contribution is 6.27. The smallest absolute Gasteiger partial charge is 0.407 e. The van der Waals surface area contributed by atoms with E-state index in [-0.39, 0.29) is 46.8 Å². The molecule has 1 aliphatic carbocycles. The molecule has 14 nitrogen and oxygen atoms in total. The second-order valence-electron chi connectivity index (χ2n) is 14.6. The number of nitrogens with zero attached hydrogens (tertiary/aromatic N) is 3. The molecule has 0 bridgehead atoms. The molecule has 1 atom stereocenters. The van der Waals surface area contributed by atoms with Gasteiger partial charge >= 0.3 is 12.1 Å². The zero-order chi connectivity index (χ0) is 40.1. The summed E-state index contributed by atoms with van der Waals surface area (Å²) in [4.78, 5) is 75.5. The average Bonchev–Trinajstić information content (AvgIpc) is 3.11. The summed E-state index contributed by atoms with van der Waals surface area (Å²) in [6.45, 7) is 16.1. The van der Waals surface area contributed by atoms with Crippen LogP contribution in [0, 0.1) is 25.2 Å². The Morgan fingerprint density at radius 3 is 2.44 bits per heavy atom. The van der Waals surface area contributed by atoms with Gasteiger partial charge in [0.25, 0.3) is 5.56 Å². The van der Waals surface area contributed by atoms with Crippen molar-refractivity contribution in [2.75, 3.05) is 43.0 Å². The second kappa shape index (κ2) is 19.5. The Labute approximate surface area is 322 Å². The van der Waals surface area contributed by atoms with Gasteiger partial charge in [-0.05, 0) is 81.2 Å². The molecular weight excluding hydrogens is 701 g/mol. The van der Waals surface area contributed by atoms with E-state index in [4.69, 9.17) is 9.73 Å². The summed E-state index contributed by atoms with van der Waals surface area (Å²) in [6, 6.07) is 14.1. The number of allylic oxidation sites excluding steroid dienone is 2. The lowest BCUT2D eigenvalue weighted by Crippen LogP contribution is -2.35. The monoisotopic (exact) mass is 754 g/mol. The Bertz CT molecular complexity index is 1980. The molecule has 0 fully saturated rings. The highest BCUT2D eigenvalue weighted by atomic mass is 16.5. The van der Waals surface area contributed by atoms with Crippen LogP contribution in [0.1, 0.15) is 87.5 Å². The normalized spacial score (nSPS) is 13.7. The lowest BCUT2D eigenvalue weighted by Gasteiger charge is -2.28. The number of aryl methyl sites for hydroxylation is 2. The number of carbonyl (C=O) groups excluding carboxylic acids is 4. The first-order valence-corrected chi connectivity index (χ1v) is 18.8. The van der Waals surface area contributed by atoms with Gasteiger partial charge in [0.05, 0.1) is 23.6 Å². The second-order valence-corrected chi connectivity index (χ2v) is 14.6. The lowest BCUT2D eigenvalue weighted by molar-refractivity contribution is -0.120. The number of anilines is 2. The van der Waals surface area contributed by atoms with E-state index < -0.39 is 12.1 Å². The number of H-pyrrole nitrogens is 1. The standard InChI is InChI=1S/C41H54N8O6/c1-8-12-35(50)46-34-23-33(30-13-10-11-14-31(30)37(34)52)45-32-16-15-29(21-27(32)4)49(9-2)19-20-55-40(54)42-18-17-41(6,7)24-26(3)25-43-39(53)48-38-44-28(5)22-36(51)47-38/h10-11,13-16,21-23,26H,8-9,12,17-20,24-25H2,1-7H3,(H,42,54)(H,46,50)(H3,43,44,47,48,51,53). The Balaban J connectivity index is 1.24. The average molecular weight is 755 g/mol. The summed E-state index contributed by atoms with van der Waals surface area (Å²) in [7, 11) is 0. The van der Waals surface area contributed by atoms with E-state index in [1.807, 2.05) is 58.0 Å². The third kappa shape index (κ3) is 12.7. The number of aromatic nitrogens is 2. The van der Waals surface area contributed by atoms with Crippen molar-refractivity contribution >= 4 is 46.8 Å². The Morgan fingerprint density at radius 2 is 1.75 bits per heavy atom. The van der Waals surface area contributed by atoms with Crippen molar-refractivity contribution in [3.8, 4) is 0 Å². The van der Waals surface area contributed by atoms with Crippen molar-refractivity contribution < 1.29 is 23.9 Å². The van der Waals surface area contributed by atoms with Crippen molar-refractivity contribution in [3.05, 3.63) is 93.0 Å². The van der Waals surface area contributed by atoms with Crippen LogP contribution in [0.25, 0.3) is 0 Å². The fraction of sp³-hybridized carbons (Fsp3) is 0.439. The first-order valence-electron chi connectivity index (χ1n) is 18.8. The van der Waals surface area contributed by atoms with Gasteiger partial charge in [-0.1, -0.05) is 52.0 Å². The molecule has 55 heavy (non-hydrogen) atoms. The molecule has 0 saturated carbocycles. The van der Waals surface area contributed by atoms with Gasteiger partial charge in [-0.2, -0.15) is 0 Å². The molecule has 5 N–H and O–H groups in total. The zero-order valence-electron chi connectivity index (χ0n) is 32.9. The Kier molecular flexibility index (Phi) is 14.9. The van der Waals surface area contributed by atoms with Crippen LogP contribution in [-0.4, -0.2) is 72.3 Å². The summed E-state index contributed by atoms with van der Waals surface area (Å²) in [5.41, 5.74) is 4.69. The van der Waals surface area contributed by atoms with Crippen LogP contribution in [0.15, 0.2) is 70.1 Å². The molecule has 2 aromatic carbocycles. The van der Waals surface area contributed by atoms with Gasteiger partial charge in [0.15, 0.2) is 0 Å². The fourth-order valence-electron chi connectivity index (χ4n) is 6.49. The number of hydrogen-bond acceptors (Lipinski definition) is 9. The SMILES string of the molecule is CCCC(=O)NC1=CC(=Nc2ccc(N(CC)CCOC(=O)NCCC(C)(C)CC(C)CNC(=O)Nc3nc(C)cc(=O)[nH]3)cc2C)c2ccccc2C1=O.